The van der Waals surface area contributed by atoms with Crippen LogP contribution in [0.25, 0.3) is 5.69 Å². The number of rotatable bonds is 8. The molecular weight excluding hydrogens is 585 g/mol. The summed E-state index contributed by atoms with van der Waals surface area (Å²) >= 11 is 3.43. The SMILES string of the molecule is COc1cc(/C=N/NC(=O)C(=O)Nc2c(C)n(C)n(-c3ccccc3)c2=O)cc(Br)c1OCc1ccc(F)cc1. The van der Waals surface area contributed by atoms with Gasteiger partial charge in [-0.3, -0.25) is 19.1 Å². The van der Waals surface area contributed by atoms with E-state index >= 15 is 0 Å². The van der Waals surface area contributed by atoms with Crippen molar-refractivity contribution in [1.82, 2.24) is 14.8 Å². The number of para-hydroxylation sites is 1. The lowest BCUT2D eigenvalue weighted by Gasteiger charge is -2.13. The van der Waals surface area contributed by atoms with Crippen molar-refractivity contribution in [3.05, 3.63) is 104 Å². The highest BCUT2D eigenvalue weighted by atomic mass is 79.9. The molecule has 0 aliphatic heterocycles. The van der Waals surface area contributed by atoms with E-state index in [1.165, 1.54) is 30.1 Å². The topological polar surface area (TPSA) is 116 Å². The number of carbonyl (C=O) groups excluding carboxylic acids is 2. The Morgan fingerprint density at radius 2 is 1.77 bits per heavy atom. The van der Waals surface area contributed by atoms with Gasteiger partial charge < -0.3 is 14.8 Å². The second-order valence-corrected chi connectivity index (χ2v) is 9.39. The predicted molar refractivity (Wildman–Crippen MR) is 152 cm³/mol. The van der Waals surface area contributed by atoms with Gasteiger partial charge in [0.25, 0.3) is 5.56 Å². The Bertz CT molecular complexity index is 1630. The maximum atomic E-state index is 13.1. The average Bonchev–Trinajstić information content (AvgIpc) is 3.16. The first-order valence-corrected chi connectivity index (χ1v) is 12.7. The van der Waals surface area contributed by atoms with Gasteiger partial charge in [0.15, 0.2) is 11.5 Å². The lowest BCUT2D eigenvalue weighted by atomic mass is 10.2. The number of ether oxygens (including phenoxy) is 2. The van der Waals surface area contributed by atoms with Crippen LogP contribution >= 0.6 is 15.9 Å². The van der Waals surface area contributed by atoms with E-state index in [1.54, 1.807) is 67.2 Å². The van der Waals surface area contributed by atoms with E-state index in [1.807, 2.05) is 6.07 Å². The summed E-state index contributed by atoms with van der Waals surface area (Å²) in [4.78, 5) is 37.8. The molecule has 0 aliphatic rings. The van der Waals surface area contributed by atoms with Crippen LogP contribution in [0.2, 0.25) is 0 Å². The van der Waals surface area contributed by atoms with Crippen molar-refractivity contribution < 1.29 is 23.5 Å². The van der Waals surface area contributed by atoms with Crippen molar-refractivity contribution >= 4 is 39.6 Å². The summed E-state index contributed by atoms with van der Waals surface area (Å²) in [5, 5.41) is 6.22. The monoisotopic (exact) mass is 609 g/mol. The van der Waals surface area contributed by atoms with Gasteiger partial charge in [0.1, 0.15) is 18.1 Å². The molecule has 12 heteroatoms. The molecule has 0 unspecified atom stereocenters. The molecule has 0 saturated carbocycles. The Hall–Kier alpha value is -4.71. The fraction of sp³-hybridized carbons (Fsp3) is 0.143. The third-order valence-corrected chi connectivity index (χ3v) is 6.52. The van der Waals surface area contributed by atoms with E-state index in [9.17, 15) is 18.8 Å². The van der Waals surface area contributed by atoms with Crippen LogP contribution in [-0.4, -0.2) is 34.5 Å². The number of aromatic nitrogens is 2. The van der Waals surface area contributed by atoms with Gasteiger partial charge >= 0.3 is 11.8 Å². The Kier molecular flexibility index (Phi) is 8.80. The number of anilines is 1. The van der Waals surface area contributed by atoms with Crippen molar-refractivity contribution in [3.63, 3.8) is 0 Å². The summed E-state index contributed by atoms with van der Waals surface area (Å²) in [7, 11) is 3.15. The molecule has 0 saturated heterocycles. The van der Waals surface area contributed by atoms with Crippen molar-refractivity contribution in [3.8, 4) is 17.2 Å². The van der Waals surface area contributed by atoms with Gasteiger partial charge in [-0.15, -0.1) is 0 Å². The van der Waals surface area contributed by atoms with Gasteiger partial charge in [0.2, 0.25) is 0 Å². The number of amides is 2. The number of hydrazone groups is 1. The molecule has 1 heterocycles. The van der Waals surface area contributed by atoms with Crippen LogP contribution in [0, 0.1) is 12.7 Å². The van der Waals surface area contributed by atoms with Crippen molar-refractivity contribution in [2.75, 3.05) is 12.4 Å². The maximum absolute atomic E-state index is 13.1. The fourth-order valence-corrected chi connectivity index (χ4v) is 4.36. The highest BCUT2D eigenvalue weighted by Gasteiger charge is 2.21. The highest BCUT2D eigenvalue weighted by molar-refractivity contribution is 9.10. The molecule has 4 rings (SSSR count). The van der Waals surface area contributed by atoms with Crippen LogP contribution < -0.4 is 25.8 Å². The van der Waals surface area contributed by atoms with Crippen molar-refractivity contribution in [2.45, 2.75) is 13.5 Å². The number of nitrogens with one attached hydrogen (secondary N) is 2. The van der Waals surface area contributed by atoms with E-state index in [2.05, 4.69) is 31.8 Å². The van der Waals surface area contributed by atoms with Crippen LogP contribution in [0.5, 0.6) is 11.5 Å². The molecule has 1 aromatic heterocycles. The van der Waals surface area contributed by atoms with E-state index < -0.39 is 17.4 Å². The molecule has 0 spiro atoms. The summed E-state index contributed by atoms with van der Waals surface area (Å²) in [5.41, 5.74) is 4.04. The summed E-state index contributed by atoms with van der Waals surface area (Å²) < 4.78 is 27.9. The number of methoxy groups -OCH3 is 1. The Labute approximate surface area is 237 Å². The van der Waals surface area contributed by atoms with Crippen LogP contribution in [0.1, 0.15) is 16.8 Å². The molecule has 0 aliphatic carbocycles. The third-order valence-electron chi connectivity index (χ3n) is 5.93. The van der Waals surface area contributed by atoms with Gasteiger partial charge in [-0.05, 0) is 70.4 Å². The minimum Gasteiger partial charge on any atom is -0.493 e. The fourth-order valence-electron chi connectivity index (χ4n) is 3.79. The first-order chi connectivity index (χ1) is 19.2. The molecule has 40 heavy (non-hydrogen) atoms. The molecular formula is C28H25BrFN5O5. The standard InChI is InChI=1S/C28H25BrFN5O5/c1-17-24(28(38)35(34(17)2)21-7-5-4-6-8-21)32-26(36)27(37)33-31-15-19-13-22(29)25(23(14-19)39-3)40-16-18-9-11-20(30)12-10-18/h4-15H,16H2,1-3H3,(H,32,36)(H,33,37)/b31-15+. The summed E-state index contributed by atoms with van der Waals surface area (Å²) in [5.74, 6) is -1.64. The number of hydrogen-bond donors (Lipinski definition) is 2. The molecule has 2 amide bonds. The molecule has 4 aromatic rings. The van der Waals surface area contributed by atoms with E-state index in [4.69, 9.17) is 9.47 Å². The molecule has 10 nitrogen and oxygen atoms in total. The number of carbonyl (C=O) groups is 2. The first kappa shape index (κ1) is 28.3. The predicted octanol–water partition coefficient (Wildman–Crippen LogP) is 4.06. The third kappa shape index (κ3) is 6.29. The quantitative estimate of drug-likeness (QED) is 0.177. The number of halogens is 2. The Balaban J connectivity index is 1.41. The summed E-state index contributed by atoms with van der Waals surface area (Å²) in [6.07, 6.45) is 1.32. The van der Waals surface area contributed by atoms with Gasteiger partial charge in [-0.25, -0.2) is 14.5 Å². The second kappa shape index (κ2) is 12.4. The molecule has 2 N–H and O–H groups in total. The Morgan fingerprint density at radius 3 is 2.45 bits per heavy atom. The zero-order valence-electron chi connectivity index (χ0n) is 21.8. The second-order valence-electron chi connectivity index (χ2n) is 8.54. The smallest absolute Gasteiger partial charge is 0.329 e. The van der Waals surface area contributed by atoms with Crippen LogP contribution in [-0.2, 0) is 23.2 Å². The van der Waals surface area contributed by atoms with Crippen LogP contribution in [0.15, 0.2) is 81.1 Å². The highest BCUT2D eigenvalue weighted by Crippen LogP contribution is 2.36. The van der Waals surface area contributed by atoms with Gasteiger partial charge in [0, 0.05) is 7.05 Å². The van der Waals surface area contributed by atoms with Crippen LogP contribution in [0.4, 0.5) is 10.1 Å². The molecule has 0 fully saturated rings. The van der Waals surface area contributed by atoms with E-state index in [0.29, 0.717) is 32.9 Å². The molecule has 0 radical (unpaired) electrons. The van der Waals surface area contributed by atoms with Crippen molar-refractivity contribution in [2.24, 2.45) is 12.1 Å². The minimum atomic E-state index is -1.06. The van der Waals surface area contributed by atoms with Gasteiger partial charge in [-0.2, -0.15) is 5.10 Å². The molecule has 3 aromatic carbocycles. The van der Waals surface area contributed by atoms with E-state index in [0.717, 1.165) is 5.56 Å². The minimum absolute atomic E-state index is 0.0135. The molecule has 0 bridgehead atoms. The van der Waals surface area contributed by atoms with Gasteiger partial charge in [-0.1, -0.05) is 30.3 Å². The molecule has 0 atom stereocenters. The number of nitrogens with zero attached hydrogens (tertiary/aromatic N) is 3. The zero-order chi connectivity index (χ0) is 28.8. The number of benzene rings is 3. The summed E-state index contributed by atoms with van der Waals surface area (Å²) in [6, 6.07) is 18.1. The summed E-state index contributed by atoms with van der Waals surface area (Å²) in [6.45, 7) is 1.84. The molecule has 206 valence electrons. The largest absolute Gasteiger partial charge is 0.493 e. The first-order valence-electron chi connectivity index (χ1n) is 11.9. The van der Waals surface area contributed by atoms with E-state index in [-0.39, 0.29) is 18.1 Å². The maximum Gasteiger partial charge on any atom is 0.329 e. The lowest BCUT2D eigenvalue weighted by Crippen LogP contribution is -2.34. The normalized spacial score (nSPS) is 10.9. The number of hydrogen-bond acceptors (Lipinski definition) is 6. The van der Waals surface area contributed by atoms with Gasteiger partial charge in [0.05, 0.1) is 29.2 Å². The van der Waals surface area contributed by atoms with Crippen LogP contribution in [0.3, 0.4) is 0 Å². The lowest BCUT2D eigenvalue weighted by molar-refractivity contribution is -0.136. The zero-order valence-corrected chi connectivity index (χ0v) is 23.4. The average molecular weight is 610 g/mol. The van der Waals surface area contributed by atoms with Crippen molar-refractivity contribution in [1.29, 1.82) is 0 Å². The Morgan fingerprint density at radius 1 is 1.07 bits per heavy atom.